The molecule has 2 aromatic carbocycles. The Morgan fingerprint density at radius 1 is 1.11 bits per heavy atom. The van der Waals surface area contributed by atoms with Gasteiger partial charge in [-0.2, -0.15) is 0 Å². The molecule has 0 fully saturated rings. The second-order valence-electron chi connectivity index (χ2n) is 6.75. The SMILES string of the molecule is COc1ccc(OCC(=O)O[C@@H](C)C(=O)N[C@@H]2CCCc3ccccc32)cc1. The monoisotopic (exact) mass is 383 g/mol. The summed E-state index contributed by atoms with van der Waals surface area (Å²) in [5, 5.41) is 3.00. The van der Waals surface area contributed by atoms with E-state index in [0.717, 1.165) is 24.8 Å². The van der Waals surface area contributed by atoms with Crippen LogP contribution in [0.2, 0.25) is 0 Å². The van der Waals surface area contributed by atoms with Crippen molar-refractivity contribution >= 4 is 11.9 Å². The van der Waals surface area contributed by atoms with E-state index in [0.29, 0.717) is 11.5 Å². The van der Waals surface area contributed by atoms with Crippen LogP contribution in [0.25, 0.3) is 0 Å². The lowest BCUT2D eigenvalue weighted by Gasteiger charge is -2.27. The predicted octanol–water partition coefficient (Wildman–Crippen LogP) is 3.20. The van der Waals surface area contributed by atoms with Crippen molar-refractivity contribution in [1.29, 1.82) is 0 Å². The number of amides is 1. The number of benzene rings is 2. The summed E-state index contributed by atoms with van der Waals surface area (Å²) in [5.74, 6) is 0.320. The number of rotatable bonds is 7. The highest BCUT2D eigenvalue weighted by molar-refractivity contribution is 5.84. The molecule has 0 aliphatic heterocycles. The molecule has 0 aromatic heterocycles. The Hall–Kier alpha value is -3.02. The van der Waals surface area contributed by atoms with Crippen LogP contribution in [0, 0.1) is 0 Å². The molecular weight excluding hydrogens is 358 g/mol. The largest absolute Gasteiger partial charge is 0.497 e. The molecule has 2 atom stereocenters. The van der Waals surface area contributed by atoms with E-state index in [-0.39, 0.29) is 18.6 Å². The van der Waals surface area contributed by atoms with Crippen molar-refractivity contribution in [3.05, 3.63) is 59.7 Å². The zero-order valence-corrected chi connectivity index (χ0v) is 16.1. The molecule has 2 aromatic rings. The fourth-order valence-corrected chi connectivity index (χ4v) is 3.29. The Morgan fingerprint density at radius 3 is 2.57 bits per heavy atom. The number of carbonyl (C=O) groups excluding carboxylic acids is 2. The maximum Gasteiger partial charge on any atom is 0.344 e. The Labute approximate surface area is 164 Å². The molecule has 0 saturated carbocycles. The van der Waals surface area contributed by atoms with Crippen molar-refractivity contribution in [3.8, 4) is 11.5 Å². The average molecular weight is 383 g/mol. The van der Waals surface area contributed by atoms with Gasteiger partial charge < -0.3 is 19.5 Å². The molecule has 148 valence electrons. The lowest BCUT2D eigenvalue weighted by atomic mass is 9.87. The minimum Gasteiger partial charge on any atom is -0.497 e. The van der Waals surface area contributed by atoms with Crippen LogP contribution >= 0.6 is 0 Å². The van der Waals surface area contributed by atoms with Crippen LogP contribution in [0.3, 0.4) is 0 Å². The summed E-state index contributed by atoms with van der Waals surface area (Å²) < 4.78 is 15.7. The summed E-state index contributed by atoms with van der Waals surface area (Å²) in [5.41, 5.74) is 2.40. The smallest absolute Gasteiger partial charge is 0.344 e. The van der Waals surface area contributed by atoms with Crippen LogP contribution in [-0.2, 0) is 20.7 Å². The maximum atomic E-state index is 12.5. The number of nitrogens with one attached hydrogen (secondary N) is 1. The molecule has 6 nitrogen and oxygen atoms in total. The van der Waals surface area contributed by atoms with E-state index < -0.39 is 12.1 Å². The first kappa shape index (κ1) is 19.7. The molecule has 3 rings (SSSR count). The third-order valence-electron chi connectivity index (χ3n) is 4.78. The summed E-state index contributed by atoms with van der Waals surface area (Å²) in [6, 6.07) is 14.9. The number of methoxy groups -OCH3 is 1. The van der Waals surface area contributed by atoms with Gasteiger partial charge in [0, 0.05) is 0 Å². The quantitative estimate of drug-likeness (QED) is 0.744. The van der Waals surface area contributed by atoms with Gasteiger partial charge in [-0.05, 0) is 61.6 Å². The number of esters is 1. The second kappa shape index (κ2) is 9.26. The molecule has 28 heavy (non-hydrogen) atoms. The molecule has 1 aliphatic carbocycles. The van der Waals surface area contributed by atoms with Gasteiger partial charge in [0.25, 0.3) is 5.91 Å². The Balaban J connectivity index is 1.48. The minimum absolute atomic E-state index is 0.0471. The van der Waals surface area contributed by atoms with Gasteiger partial charge >= 0.3 is 5.97 Å². The van der Waals surface area contributed by atoms with Crippen molar-refractivity contribution < 1.29 is 23.8 Å². The van der Waals surface area contributed by atoms with E-state index in [1.54, 1.807) is 38.3 Å². The predicted molar refractivity (Wildman–Crippen MR) is 104 cm³/mol. The van der Waals surface area contributed by atoms with Crippen molar-refractivity contribution in [2.75, 3.05) is 13.7 Å². The van der Waals surface area contributed by atoms with Gasteiger partial charge in [-0.15, -0.1) is 0 Å². The molecule has 1 N–H and O–H groups in total. The van der Waals surface area contributed by atoms with Crippen LogP contribution in [0.15, 0.2) is 48.5 Å². The summed E-state index contributed by atoms with van der Waals surface area (Å²) in [7, 11) is 1.57. The van der Waals surface area contributed by atoms with E-state index in [9.17, 15) is 9.59 Å². The summed E-state index contributed by atoms with van der Waals surface area (Å²) in [6.45, 7) is 1.30. The molecule has 0 saturated heterocycles. The van der Waals surface area contributed by atoms with Crippen molar-refractivity contribution in [2.45, 2.75) is 38.3 Å². The fourth-order valence-electron chi connectivity index (χ4n) is 3.29. The van der Waals surface area contributed by atoms with Gasteiger partial charge in [-0.1, -0.05) is 24.3 Å². The first-order valence-corrected chi connectivity index (χ1v) is 9.41. The Morgan fingerprint density at radius 2 is 1.82 bits per heavy atom. The second-order valence-corrected chi connectivity index (χ2v) is 6.75. The highest BCUT2D eigenvalue weighted by Crippen LogP contribution is 2.29. The van der Waals surface area contributed by atoms with Gasteiger partial charge in [0.2, 0.25) is 0 Å². The molecule has 0 radical (unpaired) electrons. The van der Waals surface area contributed by atoms with E-state index in [2.05, 4.69) is 11.4 Å². The van der Waals surface area contributed by atoms with E-state index in [1.165, 1.54) is 5.56 Å². The Kier molecular flexibility index (Phi) is 6.53. The highest BCUT2D eigenvalue weighted by atomic mass is 16.6. The van der Waals surface area contributed by atoms with Crippen LogP contribution < -0.4 is 14.8 Å². The molecule has 6 heteroatoms. The number of ether oxygens (including phenoxy) is 3. The molecule has 0 spiro atoms. The molecule has 0 heterocycles. The fraction of sp³-hybridized carbons (Fsp3) is 0.364. The maximum absolute atomic E-state index is 12.5. The first-order valence-electron chi connectivity index (χ1n) is 9.41. The number of hydrogen-bond donors (Lipinski definition) is 1. The topological polar surface area (TPSA) is 73.9 Å². The summed E-state index contributed by atoms with van der Waals surface area (Å²) >= 11 is 0. The normalized spacial score (nSPS) is 16.4. The first-order chi connectivity index (χ1) is 13.6. The molecule has 1 aliphatic rings. The Bertz CT molecular complexity index is 818. The van der Waals surface area contributed by atoms with Gasteiger partial charge in [0.15, 0.2) is 12.7 Å². The van der Waals surface area contributed by atoms with E-state index in [4.69, 9.17) is 14.2 Å². The lowest BCUT2D eigenvalue weighted by Crippen LogP contribution is -2.39. The van der Waals surface area contributed by atoms with E-state index >= 15 is 0 Å². The standard InChI is InChI=1S/C22H25NO5/c1-15(28-21(24)14-27-18-12-10-17(26-2)11-13-18)22(25)23-20-9-5-7-16-6-3-4-8-19(16)20/h3-4,6,8,10-13,15,20H,5,7,9,14H2,1-2H3,(H,23,25)/t15-,20+/m0/s1. The lowest BCUT2D eigenvalue weighted by molar-refractivity contribution is -0.156. The highest BCUT2D eigenvalue weighted by Gasteiger charge is 2.25. The molecule has 0 bridgehead atoms. The zero-order chi connectivity index (χ0) is 19.9. The van der Waals surface area contributed by atoms with Gasteiger partial charge in [-0.3, -0.25) is 4.79 Å². The molecule has 1 amide bonds. The van der Waals surface area contributed by atoms with Crippen LogP contribution in [0.1, 0.15) is 36.9 Å². The third-order valence-corrected chi connectivity index (χ3v) is 4.78. The number of aryl methyl sites for hydroxylation is 1. The number of fused-ring (bicyclic) bond motifs is 1. The van der Waals surface area contributed by atoms with E-state index in [1.807, 2.05) is 18.2 Å². The van der Waals surface area contributed by atoms with Crippen LogP contribution in [0.5, 0.6) is 11.5 Å². The molecular formula is C22H25NO5. The van der Waals surface area contributed by atoms with Crippen molar-refractivity contribution in [1.82, 2.24) is 5.32 Å². The summed E-state index contributed by atoms with van der Waals surface area (Å²) in [4.78, 5) is 24.5. The summed E-state index contributed by atoms with van der Waals surface area (Å²) in [6.07, 6.45) is 2.03. The third kappa shape index (κ3) is 5.03. The van der Waals surface area contributed by atoms with Crippen LogP contribution in [0.4, 0.5) is 0 Å². The average Bonchev–Trinajstić information content (AvgIpc) is 2.73. The zero-order valence-electron chi connectivity index (χ0n) is 16.1. The minimum atomic E-state index is -0.888. The number of hydrogen-bond acceptors (Lipinski definition) is 5. The molecule has 0 unspecified atom stereocenters. The van der Waals surface area contributed by atoms with Crippen molar-refractivity contribution in [3.63, 3.8) is 0 Å². The van der Waals surface area contributed by atoms with Gasteiger partial charge in [-0.25, -0.2) is 4.79 Å². The van der Waals surface area contributed by atoms with Crippen molar-refractivity contribution in [2.24, 2.45) is 0 Å². The van der Waals surface area contributed by atoms with Gasteiger partial charge in [0.05, 0.1) is 13.2 Å². The number of carbonyl (C=O) groups is 2. The van der Waals surface area contributed by atoms with Crippen LogP contribution in [-0.4, -0.2) is 31.7 Å². The van der Waals surface area contributed by atoms with Gasteiger partial charge in [0.1, 0.15) is 11.5 Å².